The summed E-state index contributed by atoms with van der Waals surface area (Å²) in [5.74, 6) is -4.26. The van der Waals surface area contributed by atoms with E-state index in [4.69, 9.17) is 9.15 Å². The van der Waals surface area contributed by atoms with Crippen molar-refractivity contribution in [3.63, 3.8) is 0 Å². The topological polar surface area (TPSA) is 111 Å². The van der Waals surface area contributed by atoms with Gasteiger partial charge in [-0.2, -0.15) is 13.2 Å². The molecule has 0 radical (unpaired) electrons. The van der Waals surface area contributed by atoms with Gasteiger partial charge in [0.2, 0.25) is 11.7 Å². The second-order valence-electron chi connectivity index (χ2n) is 9.56. The van der Waals surface area contributed by atoms with E-state index in [1.54, 1.807) is 48.5 Å². The molecule has 1 aliphatic rings. The smallest absolute Gasteiger partial charge is 0.452 e. The molecule has 41 heavy (non-hydrogen) atoms. The van der Waals surface area contributed by atoms with Crippen LogP contribution in [0.2, 0.25) is 0 Å². The molecule has 210 valence electrons. The Bertz CT molecular complexity index is 1570. The molecule has 5 rings (SSSR count). The van der Waals surface area contributed by atoms with Crippen molar-refractivity contribution in [1.29, 1.82) is 0 Å². The number of methoxy groups -OCH3 is 1. The lowest BCUT2D eigenvalue weighted by molar-refractivity contribution is -0.153. The van der Waals surface area contributed by atoms with E-state index >= 15 is 0 Å². The van der Waals surface area contributed by atoms with Crippen molar-refractivity contribution in [3.8, 4) is 22.7 Å². The molecule has 2 atom stereocenters. The van der Waals surface area contributed by atoms with Gasteiger partial charge in [-0.15, -0.1) is 0 Å². The summed E-state index contributed by atoms with van der Waals surface area (Å²) in [6, 6.07) is 17.8. The van der Waals surface area contributed by atoms with Gasteiger partial charge in [-0.25, -0.2) is 4.98 Å². The van der Waals surface area contributed by atoms with Crippen LogP contribution in [-0.4, -0.2) is 34.7 Å². The Morgan fingerprint density at radius 2 is 1.63 bits per heavy atom. The number of ether oxygens (including phenoxy) is 1. The summed E-state index contributed by atoms with van der Waals surface area (Å²) in [6.07, 6.45) is -1.60. The minimum atomic E-state index is -4.93. The summed E-state index contributed by atoms with van der Waals surface area (Å²) in [4.78, 5) is 45.9. The van der Waals surface area contributed by atoms with Crippen molar-refractivity contribution < 1.29 is 36.7 Å². The number of halogens is 3. The third-order valence-corrected chi connectivity index (χ3v) is 6.96. The number of hydrogen-bond donors (Lipinski definition) is 1. The van der Waals surface area contributed by atoms with Gasteiger partial charge in [-0.05, 0) is 37.1 Å². The molecule has 2 aromatic heterocycles. The van der Waals surface area contributed by atoms with Crippen LogP contribution in [0, 0.1) is 11.8 Å². The number of nitrogens with one attached hydrogen (secondary N) is 1. The third-order valence-electron chi connectivity index (χ3n) is 6.96. The van der Waals surface area contributed by atoms with Crippen LogP contribution in [0.4, 0.5) is 18.9 Å². The van der Waals surface area contributed by atoms with E-state index in [0.29, 0.717) is 35.2 Å². The van der Waals surface area contributed by atoms with Gasteiger partial charge in [-0.1, -0.05) is 48.9 Å². The van der Waals surface area contributed by atoms with Crippen molar-refractivity contribution in [2.75, 3.05) is 12.4 Å². The molecule has 0 spiro atoms. The Hall–Kier alpha value is -4.80. The Labute approximate surface area is 232 Å². The molecule has 1 aliphatic carbocycles. The molecule has 0 saturated heterocycles. The number of esters is 1. The second kappa shape index (κ2) is 11.4. The van der Waals surface area contributed by atoms with Crippen molar-refractivity contribution in [2.45, 2.75) is 25.4 Å². The van der Waals surface area contributed by atoms with Crippen LogP contribution in [0.15, 0.2) is 77.3 Å². The van der Waals surface area contributed by atoms with Gasteiger partial charge in [0.1, 0.15) is 0 Å². The number of pyridine rings is 1. The summed E-state index contributed by atoms with van der Waals surface area (Å²) in [5.41, 5.74) is 1.22. The van der Waals surface area contributed by atoms with Gasteiger partial charge < -0.3 is 14.5 Å². The third kappa shape index (κ3) is 5.88. The number of nitrogens with zero attached hydrogens (tertiary/aromatic N) is 2. The lowest BCUT2D eigenvalue weighted by Gasteiger charge is -2.16. The largest absolute Gasteiger partial charge is 0.469 e. The summed E-state index contributed by atoms with van der Waals surface area (Å²) in [7, 11) is 1.32. The average molecular weight is 564 g/mol. The maximum absolute atomic E-state index is 13.6. The molecule has 4 aromatic rings. The van der Waals surface area contributed by atoms with E-state index in [9.17, 15) is 27.6 Å². The molecule has 0 bridgehead atoms. The zero-order valence-electron chi connectivity index (χ0n) is 21.8. The van der Waals surface area contributed by atoms with E-state index in [1.807, 2.05) is 0 Å². The first-order valence-corrected chi connectivity index (χ1v) is 12.8. The van der Waals surface area contributed by atoms with Gasteiger partial charge in [0.25, 0.3) is 5.91 Å². The summed E-state index contributed by atoms with van der Waals surface area (Å²) in [5, 5.41) is 2.38. The summed E-state index contributed by atoms with van der Waals surface area (Å²) >= 11 is 0. The molecule has 1 amide bonds. The molecular formula is C30H24F3N3O5. The van der Waals surface area contributed by atoms with E-state index in [0.717, 1.165) is 6.42 Å². The quantitative estimate of drug-likeness (QED) is 0.203. The number of amides is 1. The van der Waals surface area contributed by atoms with Crippen molar-refractivity contribution in [2.24, 2.45) is 11.8 Å². The molecule has 2 aromatic carbocycles. The SMILES string of the molecule is COC(=O)[C@@H]1CCCC1C(=O)c1ccc(-c2ccc(NC(=O)c3nc(-c4ccccc4)oc3C(F)(F)F)cn2)cc1. The highest BCUT2D eigenvalue weighted by molar-refractivity contribution is 6.04. The Morgan fingerprint density at radius 1 is 0.927 bits per heavy atom. The maximum Gasteiger partial charge on any atom is 0.452 e. The number of aromatic nitrogens is 2. The molecule has 1 unspecified atom stereocenters. The van der Waals surface area contributed by atoms with Crippen LogP contribution < -0.4 is 5.32 Å². The number of rotatable bonds is 7. The normalized spacial score (nSPS) is 16.8. The van der Waals surface area contributed by atoms with Gasteiger partial charge in [-0.3, -0.25) is 19.4 Å². The average Bonchev–Trinajstić information content (AvgIpc) is 3.66. The number of carbonyl (C=O) groups is 3. The van der Waals surface area contributed by atoms with Crippen molar-refractivity contribution in [3.05, 3.63) is 89.9 Å². The Morgan fingerprint density at radius 3 is 2.27 bits per heavy atom. The van der Waals surface area contributed by atoms with Crippen molar-refractivity contribution in [1.82, 2.24) is 9.97 Å². The Kier molecular flexibility index (Phi) is 7.69. The van der Waals surface area contributed by atoms with E-state index in [2.05, 4.69) is 15.3 Å². The number of carbonyl (C=O) groups excluding carboxylic acids is 3. The molecule has 2 heterocycles. The summed E-state index contributed by atoms with van der Waals surface area (Å²) < 4.78 is 50.5. The number of anilines is 1. The minimum absolute atomic E-state index is 0.114. The Balaban J connectivity index is 1.29. The number of oxazole rings is 1. The highest BCUT2D eigenvalue weighted by Crippen LogP contribution is 2.37. The van der Waals surface area contributed by atoms with Crippen LogP contribution >= 0.6 is 0 Å². The zero-order valence-corrected chi connectivity index (χ0v) is 21.8. The lowest BCUT2D eigenvalue weighted by atomic mass is 9.88. The first-order valence-electron chi connectivity index (χ1n) is 12.8. The van der Waals surface area contributed by atoms with Crippen LogP contribution in [0.5, 0.6) is 0 Å². The van der Waals surface area contributed by atoms with Crippen LogP contribution in [0.3, 0.4) is 0 Å². The molecule has 11 heteroatoms. The number of ketones is 1. The number of Topliss-reactive ketones (excluding diaryl/α,β-unsaturated/α-hetero) is 1. The highest BCUT2D eigenvalue weighted by Gasteiger charge is 2.42. The zero-order chi connectivity index (χ0) is 29.1. The predicted octanol–water partition coefficient (Wildman–Crippen LogP) is 6.45. The van der Waals surface area contributed by atoms with Crippen LogP contribution in [0.1, 0.15) is 45.9 Å². The van der Waals surface area contributed by atoms with Gasteiger partial charge in [0, 0.05) is 22.6 Å². The maximum atomic E-state index is 13.6. The molecule has 1 saturated carbocycles. The fourth-order valence-electron chi connectivity index (χ4n) is 4.93. The van der Waals surface area contributed by atoms with Crippen LogP contribution in [-0.2, 0) is 15.7 Å². The number of benzene rings is 2. The summed E-state index contributed by atoms with van der Waals surface area (Å²) in [6.45, 7) is 0. The van der Waals surface area contributed by atoms with E-state index in [1.165, 1.54) is 31.5 Å². The minimum Gasteiger partial charge on any atom is -0.469 e. The second-order valence-corrected chi connectivity index (χ2v) is 9.56. The number of hydrogen-bond acceptors (Lipinski definition) is 7. The van der Waals surface area contributed by atoms with Crippen molar-refractivity contribution >= 4 is 23.3 Å². The standard InChI is InChI=1S/C30H24F3N3O5/c1-40-29(39)22-9-5-8-21(22)25(37)18-12-10-17(11-13-18)23-15-14-20(16-34-23)35-27(38)24-26(30(31,32)33)41-28(36-24)19-6-3-2-4-7-19/h2-4,6-7,10-16,21-22H,5,8-9H2,1H3,(H,35,38)/t21?,22-/m1/s1. The van der Waals surface area contributed by atoms with Gasteiger partial charge in [0.05, 0.1) is 30.6 Å². The first-order chi connectivity index (χ1) is 19.7. The molecule has 8 nitrogen and oxygen atoms in total. The lowest BCUT2D eigenvalue weighted by Crippen LogP contribution is -2.26. The molecule has 1 N–H and O–H groups in total. The van der Waals surface area contributed by atoms with Gasteiger partial charge >= 0.3 is 12.1 Å². The first kappa shape index (κ1) is 27.8. The van der Waals surface area contributed by atoms with Crippen LogP contribution in [0.25, 0.3) is 22.7 Å². The molecule has 0 aliphatic heterocycles. The van der Waals surface area contributed by atoms with E-state index in [-0.39, 0.29) is 23.3 Å². The fraction of sp³-hybridized carbons (Fsp3) is 0.233. The molecule has 1 fully saturated rings. The fourth-order valence-corrected chi connectivity index (χ4v) is 4.93. The highest BCUT2D eigenvalue weighted by atomic mass is 19.4. The van der Waals surface area contributed by atoms with Gasteiger partial charge in [0.15, 0.2) is 11.5 Å². The van der Waals surface area contributed by atoms with E-state index < -0.39 is 35.4 Å². The monoisotopic (exact) mass is 563 g/mol. The number of alkyl halides is 3. The predicted molar refractivity (Wildman–Crippen MR) is 142 cm³/mol. The molecular weight excluding hydrogens is 539 g/mol.